The van der Waals surface area contributed by atoms with E-state index in [-0.39, 0.29) is 5.41 Å². The lowest BCUT2D eigenvalue weighted by atomic mass is 9.66. The van der Waals surface area contributed by atoms with E-state index in [1.165, 1.54) is 71.0 Å². The zero-order chi connectivity index (χ0) is 35.9. The van der Waals surface area contributed by atoms with Gasteiger partial charge in [-0.3, -0.25) is 4.98 Å². The van der Waals surface area contributed by atoms with E-state index < -0.39 is 0 Å². The Kier molecular flexibility index (Phi) is 8.06. The van der Waals surface area contributed by atoms with Crippen LogP contribution < -0.4 is 0 Å². The highest BCUT2D eigenvalue weighted by Gasteiger charge is 2.45. The highest BCUT2D eigenvalue weighted by molar-refractivity contribution is 5.89. The van der Waals surface area contributed by atoms with Gasteiger partial charge in [-0.25, -0.2) is 9.97 Å². The monoisotopic (exact) mass is 693 g/mol. The highest BCUT2D eigenvalue weighted by atomic mass is 14.9. The molecule has 0 saturated heterocycles. The molecule has 0 aliphatic heterocycles. The first-order valence-corrected chi connectivity index (χ1v) is 19.1. The van der Waals surface area contributed by atoms with Crippen molar-refractivity contribution in [1.29, 1.82) is 0 Å². The summed E-state index contributed by atoms with van der Waals surface area (Å²) in [6.45, 7) is 0. The van der Waals surface area contributed by atoms with Gasteiger partial charge in [-0.05, 0) is 80.6 Å². The maximum Gasteiger partial charge on any atom is 0.160 e. The summed E-state index contributed by atoms with van der Waals surface area (Å²) < 4.78 is 0. The van der Waals surface area contributed by atoms with Crippen LogP contribution in [-0.4, -0.2) is 15.0 Å². The van der Waals surface area contributed by atoms with Gasteiger partial charge in [-0.2, -0.15) is 0 Å². The molecule has 1 saturated carbocycles. The first-order chi connectivity index (χ1) is 26.7. The van der Waals surface area contributed by atoms with Crippen LogP contribution in [0.3, 0.4) is 0 Å². The molecule has 0 amide bonds. The van der Waals surface area contributed by atoms with Gasteiger partial charge in [0.05, 0.1) is 11.4 Å². The summed E-state index contributed by atoms with van der Waals surface area (Å²) in [6, 6.07) is 59.0. The minimum absolute atomic E-state index is 0.125. The SMILES string of the molecule is c1ccc(-c2nc(-c3ccc(-c4ccc(-c5cccc6c5C5(CCCCC5)c5ccccc5-6)cc4)cc3)cc(-c3ccc(-c4cccnc4)cc3)n2)cc1. The zero-order valence-electron chi connectivity index (χ0n) is 30.1. The molecule has 258 valence electrons. The molecular weight excluding hydrogens is 655 g/mol. The van der Waals surface area contributed by atoms with Gasteiger partial charge in [-0.15, -0.1) is 0 Å². The number of aromatic nitrogens is 3. The largest absolute Gasteiger partial charge is 0.264 e. The number of pyridine rings is 1. The van der Waals surface area contributed by atoms with Gasteiger partial charge in [0.1, 0.15) is 0 Å². The molecule has 0 N–H and O–H groups in total. The molecule has 0 atom stereocenters. The second-order valence-electron chi connectivity index (χ2n) is 14.7. The van der Waals surface area contributed by atoms with Gasteiger partial charge in [0, 0.05) is 34.5 Å². The van der Waals surface area contributed by atoms with Gasteiger partial charge >= 0.3 is 0 Å². The molecular formula is C51H39N3. The summed E-state index contributed by atoms with van der Waals surface area (Å²) in [4.78, 5) is 14.4. The predicted molar refractivity (Wildman–Crippen MR) is 222 cm³/mol. The molecule has 0 radical (unpaired) electrons. The summed E-state index contributed by atoms with van der Waals surface area (Å²) in [5.41, 5.74) is 18.2. The third-order valence-electron chi connectivity index (χ3n) is 11.6. The predicted octanol–water partition coefficient (Wildman–Crippen LogP) is 13.1. The molecule has 3 heteroatoms. The van der Waals surface area contributed by atoms with E-state index >= 15 is 0 Å². The molecule has 1 fully saturated rings. The zero-order valence-corrected chi connectivity index (χ0v) is 30.1. The van der Waals surface area contributed by atoms with E-state index in [2.05, 4.69) is 145 Å². The van der Waals surface area contributed by atoms with Crippen molar-refractivity contribution in [2.24, 2.45) is 0 Å². The number of hydrogen-bond donors (Lipinski definition) is 0. The molecule has 8 aromatic rings. The topological polar surface area (TPSA) is 38.7 Å². The Labute approximate surface area is 317 Å². The van der Waals surface area contributed by atoms with Crippen molar-refractivity contribution in [1.82, 2.24) is 15.0 Å². The van der Waals surface area contributed by atoms with Gasteiger partial charge in [-0.1, -0.05) is 171 Å². The van der Waals surface area contributed by atoms with Gasteiger partial charge < -0.3 is 0 Å². The number of hydrogen-bond acceptors (Lipinski definition) is 3. The lowest BCUT2D eigenvalue weighted by Crippen LogP contribution is -2.28. The molecule has 0 bridgehead atoms. The Morgan fingerprint density at radius 3 is 1.57 bits per heavy atom. The van der Waals surface area contributed by atoms with Crippen molar-refractivity contribution in [2.45, 2.75) is 37.5 Å². The fourth-order valence-corrected chi connectivity index (χ4v) is 8.98. The number of nitrogens with zero attached hydrogens (tertiary/aromatic N) is 3. The van der Waals surface area contributed by atoms with Gasteiger partial charge in [0.15, 0.2) is 5.82 Å². The average molecular weight is 694 g/mol. The first-order valence-electron chi connectivity index (χ1n) is 19.1. The summed E-state index contributed by atoms with van der Waals surface area (Å²) in [7, 11) is 0. The molecule has 0 unspecified atom stereocenters. The summed E-state index contributed by atoms with van der Waals surface area (Å²) in [6.07, 6.45) is 10.1. The number of fused-ring (bicyclic) bond motifs is 5. The average Bonchev–Trinajstić information content (AvgIpc) is 3.53. The normalized spacial score (nSPS) is 14.1. The minimum atomic E-state index is 0.125. The first kappa shape index (κ1) is 32.2. The smallest absolute Gasteiger partial charge is 0.160 e. The van der Waals surface area contributed by atoms with Gasteiger partial charge in [0.2, 0.25) is 0 Å². The molecule has 2 heterocycles. The number of benzene rings is 6. The van der Waals surface area contributed by atoms with Crippen molar-refractivity contribution in [2.75, 3.05) is 0 Å². The van der Waals surface area contributed by atoms with Crippen LogP contribution in [0.15, 0.2) is 176 Å². The third kappa shape index (κ3) is 5.64. The van der Waals surface area contributed by atoms with E-state index in [0.29, 0.717) is 5.82 Å². The van der Waals surface area contributed by atoms with Crippen molar-refractivity contribution >= 4 is 0 Å². The maximum atomic E-state index is 5.07. The van der Waals surface area contributed by atoms with E-state index in [1.54, 1.807) is 11.8 Å². The second-order valence-corrected chi connectivity index (χ2v) is 14.7. The van der Waals surface area contributed by atoms with Crippen molar-refractivity contribution in [3.05, 3.63) is 187 Å². The van der Waals surface area contributed by atoms with Crippen molar-refractivity contribution < 1.29 is 0 Å². The Morgan fingerprint density at radius 1 is 0.389 bits per heavy atom. The number of rotatable bonds is 6. The van der Waals surface area contributed by atoms with Crippen molar-refractivity contribution in [3.8, 4) is 78.4 Å². The summed E-state index contributed by atoms with van der Waals surface area (Å²) in [5.74, 6) is 0.713. The minimum Gasteiger partial charge on any atom is -0.264 e. The fraction of sp³-hybridized carbons (Fsp3) is 0.118. The lowest BCUT2D eigenvalue weighted by molar-refractivity contribution is 0.353. The Morgan fingerprint density at radius 2 is 0.926 bits per heavy atom. The van der Waals surface area contributed by atoms with Crippen LogP contribution >= 0.6 is 0 Å². The van der Waals surface area contributed by atoms with Crippen LogP contribution in [0.25, 0.3) is 78.4 Å². The van der Waals surface area contributed by atoms with E-state index in [0.717, 1.165) is 39.2 Å². The lowest BCUT2D eigenvalue weighted by Gasteiger charge is -2.37. The quantitative estimate of drug-likeness (QED) is 0.174. The Bertz CT molecular complexity index is 2590. The van der Waals surface area contributed by atoms with Crippen LogP contribution in [-0.2, 0) is 5.41 Å². The Balaban J connectivity index is 0.968. The summed E-state index contributed by atoms with van der Waals surface area (Å²) in [5, 5.41) is 0. The molecule has 54 heavy (non-hydrogen) atoms. The van der Waals surface area contributed by atoms with Crippen LogP contribution in [0.5, 0.6) is 0 Å². The van der Waals surface area contributed by atoms with E-state index in [9.17, 15) is 0 Å². The summed E-state index contributed by atoms with van der Waals surface area (Å²) >= 11 is 0. The van der Waals surface area contributed by atoms with Crippen LogP contribution in [0.1, 0.15) is 43.2 Å². The van der Waals surface area contributed by atoms with Gasteiger partial charge in [0.25, 0.3) is 0 Å². The van der Waals surface area contributed by atoms with E-state index in [1.807, 2.05) is 30.5 Å². The third-order valence-corrected chi connectivity index (χ3v) is 11.6. The molecule has 2 aliphatic carbocycles. The molecule has 10 rings (SSSR count). The van der Waals surface area contributed by atoms with Crippen molar-refractivity contribution in [3.63, 3.8) is 0 Å². The van der Waals surface area contributed by atoms with Crippen LogP contribution in [0.4, 0.5) is 0 Å². The molecule has 6 aromatic carbocycles. The second kappa shape index (κ2) is 13.5. The van der Waals surface area contributed by atoms with Crippen LogP contribution in [0, 0.1) is 0 Å². The van der Waals surface area contributed by atoms with E-state index in [4.69, 9.17) is 9.97 Å². The standard InChI is InChI=1S/C51H39N3/c1-3-11-41(12-4-1)50-53-47(33-48(54-50)40-28-22-37(23-29-40)42-13-10-32-52-34-42)39-26-20-36(21-27-39)35-18-24-38(25-19-35)43-15-9-16-45-44-14-5-6-17-46(44)51(49(43)45)30-7-2-8-31-51/h1,3-6,9-29,32-34H,2,7-8,30-31H2. The molecule has 2 aromatic heterocycles. The van der Waals surface area contributed by atoms with Crippen LogP contribution in [0.2, 0.25) is 0 Å². The maximum absolute atomic E-state index is 5.07. The molecule has 3 nitrogen and oxygen atoms in total. The molecule has 1 spiro atoms. The highest BCUT2D eigenvalue weighted by Crippen LogP contribution is 2.58. The fourth-order valence-electron chi connectivity index (χ4n) is 8.98. The molecule has 2 aliphatic rings. The Hall–Kier alpha value is -6.45.